The molecule has 1 heterocycles. The third-order valence-electron chi connectivity index (χ3n) is 2.97. The van der Waals surface area contributed by atoms with Crippen molar-refractivity contribution in [1.29, 1.82) is 0 Å². The maximum Gasteiger partial charge on any atom is 0.232 e. The van der Waals surface area contributed by atoms with E-state index in [0.29, 0.717) is 11.3 Å². The van der Waals surface area contributed by atoms with E-state index in [1.807, 2.05) is 0 Å². The number of aromatic nitrogens is 2. The fourth-order valence-corrected chi connectivity index (χ4v) is 2.39. The Bertz CT molecular complexity index is 790. The van der Waals surface area contributed by atoms with Crippen molar-refractivity contribution in [1.82, 2.24) is 9.78 Å². The number of ketones is 1. The second kappa shape index (κ2) is 6.57. The number of aryl methyl sites for hydroxylation is 1. The van der Waals surface area contributed by atoms with Crippen molar-refractivity contribution in [2.24, 2.45) is 7.05 Å². The highest BCUT2D eigenvalue weighted by molar-refractivity contribution is 7.92. The Morgan fingerprint density at radius 3 is 2.55 bits per heavy atom. The monoisotopic (exact) mass is 319 g/mol. The molecule has 0 spiro atoms. The van der Waals surface area contributed by atoms with E-state index in [1.165, 1.54) is 6.08 Å². The van der Waals surface area contributed by atoms with Gasteiger partial charge in [-0.3, -0.25) is 14.2 Å². The lowest BCUT2D eigenvalue weighted by atomic mass is 10.1. The molecular weight excluding hydrogens is 302 g/mol. The third kappa shape index (κ3) is 4.29. The fourth-order valence-electron chi connectivity index (χ4n) is 1.75. The van der Waals surface area contributed by atoms with E-state index in [9.17, 15) is 13.2 Å². The van der Waals surface area contributed by atoms with Crippen molar-refractivity contribution in [2.75, 3.05) is 10.5 Å². The van der Waals surface area contributed by atoms with Gasteiger partial charge in [0, 0.05) is 30.1 Å². The molecule has 1 aromatic heterocycles. The minimum absolute atomic E-state index is 0.00152. The largest absolute Gasteiger partial charge is 0.289 e. The third-order valence-corrected chi connectivity index (χ3v) is 4.28. The standard InChI is InChI=1S/C15H17N3O3S/c1-3-22(20,21)17-14-7-5-13(6-8-14)15(19)9-4-12-10-16-18(2)11-12/h4-11,17H,3H2,1-2H3/b9-4+. The fraction of sp³-hybridized carbons (Fsp3) is 0.200. The molecule has 1 aromatic carbocycles. The molecule has 0 fully saturated rings. The summed E-state index contributed by atoms with van der Waals surface area (Å²) in [6.45, 7) is 1.56. The number of anilines is 1. The lowest BCUT2D eigenvalue weighted by Crippen LogP contribution is -2.14. The molecule has 2 rings (SSSR count). The van der Waals surface area contributed by atoms with E-state index < -0.39 is 10.0 Å². The van der Waals surface area contributed by atoms with Crippen LogP contribution in [-0.4, -0.2) is 29.7 Å². The SMILES string of the molecule is CCS(=O)(=O)Nc1ccc(C(=O)/C=C/c2cnn(C)c2)cc1. The molecule has 0 aliphatic heterocycles. The van der Waals surface area contributed by atoms with Gasteiger partial charge in [0.25, 0.3) is 0 Å². The number of rotatable bonds is 6. The zero-order valence-corrected chi connectivity index (χ0v) is 13.2. The van der Waals surface area contributed by atoms with Gasteiger partial charge in [0.1, 0.15) is 0 Å². The summed E-state index contributed by atoms with van der Waals surface area (Å²) < 4.78 is 27.0. The molecular formula is C15H17N3O3S. The van der Waals surface area contributed by atoms with Crippen molar-refractivity contribution >= 4 is 27.6 Å². The minimum atomic E-state index is -3.31. The van der Waals surface area contributed by atoms with Crippen LogP contribution in [0.2, 0.25) is 0 Å². The van der Waals surface area contributed by atoms with Crippen molar-refractivity contribution in [3.05, 3.63) is 53.9 Å². The summed E-state index contributed by atoms with van der Waals surface area (Å²) in [6, 6.07) is 6.31. The molecule has 22 heavy (non-hydrogen) atoms. The predicted octanol–water partition coefficient (Wildman–Crippen LogP) is 2.08. The van der Waals surface area contributed by atoms with Gasteiger partial charge in [-0.25, -0.2) is 8.42 Å². The summed E-state index contributed by atoms with van der Waals surface area (Å²) in [7, 11) is -1.51. The Hall–Kier alpha value is -2.41. The minimum Gasteiger partial charge on any atom is -0.289 e. The van der Waals surface area contributed by atoms with E-state index >= 15 is 0 Å². The van der Waals surface area contributed by atoms with Crippen LogP contribution in [0.1, 0.15) is 22.8 Å². The number of allylic oxidation sites excluding steroid dienone is 1. The Balaban J connectivity index is 2.06. The van der Waals surface area contributed by atoms with Crippen LogP contribution in [0.3, 0.4) is 0 Å². The Labute approximate surface area is 129 Å². The molecule has 0 bridgehead atoms. The molecule has 0 amide bonds. The van der Waals surface area contributed by atoms with Crippen LogP contribution >= 0.6 is 0 Å². The van der Waals surface area contributed by atoms with Crippen molar-refractivity contribution in [3.63, 3.8) is 0 Å². The Morgan fingerprint density at radius 2 is 2.00 bits per heavy atom. The Morgan fingerprint density at radius 1 is 1.32 bits per heavy atom. The van der Waals surface area contributed by atoms with Gasteiger partial charge in [-0.1, -0.05) is 0 Å². The van der Waals surface area contributed by atoms with E-state index in [-0.39, 0.29) is 11.5 Å². The van der Waals surface area contributed by atoms with Crippen LogP contribution in [0, 0.1) is 0 Å². The van der Waals surface area contributed by atoms with Crippen LogP contribution in [0.25, 0.3) is 6.08 Å². The Kier molecular flexibility index (Phi) is 4.77. The molecule has 6 nitrogen and oxygen atoms in total. The number of hydrogen-bond acceptors (Lipinski definition) is 4. The molecule has 0 atom stereocenters. The van der Waals surface area contributed by atoms with Crippen LogP contribution in [0.4, 0.5) is 5.69 Å². The quantitative estimate of drug-likeness (QED) is 0.653. The zero-order valence-electron chi connectivity index (χ0n) is 12.4. The summed E-state index contributed by atoms with van der Waals surface area (Å²) in [4.78, 5) is 12.0. The van der Waals surface area contributed by atoms with Crippen molar-refractivity contribution < 1.29 is 13.2 Å². The maximum absolute atomic E-state index is 12.0. The first-order valence-corrected chi connectivity index (χ1v) is 8.36. The number of nitrogens with one attached hydrogen (secondary N) is 1. The smallest absolute Gasteiger partial charge is 0.232 e. The molecule has 0 aliphatic carbocycles. The van der Waals surface area contributed by atoms with Gasteiger partial charge in [0.15, 0.2) is 5.78 Å². The average molecular weight is 319 g/mol. The summed E-state index contributed by atoms with van der Waals surface area (Å²) >= 11 is 0. The number of sulfonamides is 1. The van der Waals surface area contributed by atoms with E-state index in [1.54, 1.807) is 61.4 Å². The highest BCUT2D eigenvalue weighted by atomic mass is 32.2. The first-order valence-electron chi connectivity index (χ1n) is 6.71. The summed E-state index contributed by atoms with van der Waals surface area (Å²) in [5.41, 5.74) is 1.76. The van der Waals surface area contributed by atoms with Crippen LogP contribution < -0.4 is 4.72 Å². The van der Waals surface area contributed by atoms with Gasteiger partial charge < -0.3 is 0 Å². The lowest BCUT2D eigenvalue weighted by Gasteiger charge is -2.05. The molecule has 1 N–H and O–H groups in total. The molecule has 7 heteroatoms. The van der Waals surface area contributed by atoms with Crippen LogP contribution in [-0.2, 0) is 17.1 Å². The highest BCUT2D eigenvalue weighted by Crippen LogP contribution is 2.13. The van der Waals surface area contributed by atoms with Crippen molar-refractivity contribution in [2.45, 2.75) is 6.92 Å². The van der Waals surface area contributed by atoms with Gasteiger partial charge in [0.2, 0.25) is 10.0 Å². The second-order valence-electron chi connectivity index (χ2n) is 4.73. The van der Waals surface area contributed by atoms with Crippen molar-refractivity contribution in [3.8, 4) is 0 Å². The first kappa shape index (κ1) is 16.0. The summed E-state index contributed by atoms with van der Waals surface area (Å²) in [5.74, 6) is -0.157. The summed E-state index contributed by atoms with van der Waals surface area (Å²) in [5, 5.41) is 4.01. The van der Waals surface area contributed by atoms with Gasteiger partial charge in [-0.05, 0) is 43.3 Å². The topological polar surface area (TPSA) is 81.1 Å². The van der Waals surface area contributed by atoms with E-state index in [0.717, 1.165) is 5.56 Å². The number of nitrogens with zero attached hydrogens (tertiary/aromatic N) is 2. The lowest BCUT2D eigenvalue weighted by molar-refractivity contribution is 0.104. The van der Waals surface area contributed by atoms with Gasteiger partial charge in [-0.15, -0.1) is 0 Å². The van der Waals surface area contributed by atoms with Gasteiger partial charge in [0.05, 0.1) is 11.9 Å². The normalized spacial score (nSPS) is 11.7. The predicted molar refractivity (Wildman–Crippen MR) is 86.1 cm³/mol. The highest BCUT2D eigenvalue weighted by Gasteiger charge is 2.07. The zero-order chi connectivity index (χ0) is 16.2. The molecule has 0 aliphatic rings. The molecule has 0 radical (unpaired) electrons. The molecule has 116 valence electrons. The number of carbonyl (C=O) groups excluding carboxylic acids is 1. The van der Waals surface area contributed by atoms with E-state index in [4.69, 9.17) is 0 Å². The number of hydrogen-bond donors (Lipinski definition) is 1. The number of carbonyl (C=O) groups is 1. The van der Waals surface area contributed by atoms with Gasteiger partial charge >= 0.3 is 0 Å². The molecule has 0 saturated heterocycles. The number of benzene rings is 1. The second-order valence-corrected chi connectivity index (χ2v) is 6.74. The average Bonchev–Trinajstić information content (AvgIpc) is 2.91. The van der Waals surface area contributed by atoms with Crippen LogP contribution in [0.5, 0.6) is 0 Å². The maximum atomic E-state index is 12.0. The van der Waals surface area contributed by atoms with Gasteiger partial charge in [-0.2, -0.15) is 5.10 Å². The molecule has 0 unspecified atom stereocenters. The molecule has 0 saturated carbocycles. The first-order chi connectivity index (χ1) is 10.4. The van der Waals surface area contributed by atoms with E-state index in [2.05, 4.69) is 9.82 Å². The summed E-state index contributed by atoms with van der Waals surface area (Å²) in [6.07, 6.45) is 6.60. The molecule has 2 aromatic rings. The van der Waals surface area contributed by atoms with Crippen LogP contribution in [0.15, 0.2) is 42.7 Å².